The first-order valence-electron chi connectivity index (χ1n) is 20.9. The fourth-order valence-corrected chi connectivity index (χ4v) is 7.75. The Morgan fingerprint density at radius 1 is 0.411 bits per heavy atom. The van der Waals surface area contributed by atoms with Crippen LogP contribution < -0.4 is 0 Å². The largest absolute Gasteiger partial charge is 0.456 e. The highest BCUT2D eigenvalue weighted by Gasteiger charge is 2.20. The van der Waals surface area contributed by atoms with E-state index in [4.69, 9.17) is 26.2 Å². The van der Waals surface area contributed by atoms with Gasteiger partial charge >= 0.3 is 0 Å². The van der Waals surface area contributed by atoms with Crippen molar-refractivity contribution < 1.29 is 11.3 Å². The van der Waals surface area contributed by atoms with Gasteiger partial charge in [-0.25, -0.2) is 15.0 Å². The van der Waals surface area contributed by atoms with Crippen LogP contribution in [0, 0.1) is 0 Å². The highest BCUT2D eigenvalue weighted by molar-refractivity contribution is 6.14. The number of hydrogen-bond donors (Lipinski definition) is 0. The Balaban J connectivity index is 1.12. The number of fused-ring (bicyclic) bond motifs is 6. The summed E-state index contributed by atoms with van der Waals surface area (Å²) in [4.78, 5) is 15.1. The third-order valence-electron chi connectivity index (χ3n) is 10.3. The first kappa shape index (κ1) is 27.0. The van der Waals surface area contributed by atoms with Gasteiger partial charge in [-0.1, -0.05) is 152 Å². The third-order valence-corrected chi connectivity index (χ3v) is 10.3. The second kappa shape index (κ2) is 13.0. The van der Waals surface area contributed by atoms with Crippen molar-refractivity contribution in [2.75, 3.05) is 0 Å². The molecule has 0 unspecified atom stereocenters. The van der Waals surface area contributed by atoms with Gasteiger partial charge in [-0.15, -0.1) is 0 Å². The lowest BCUT2D eigenvalue weighted by Gasteiger charge is -2.11. The molecule has 5 heteroatoms. The summed E-state index contributed by atoms with van der Waals surface area (Å²) in [5, 5.41) is 4.08. The van der Waals surface area contributed by atoms with Gasteiger partial charge in [-0.05, 0) is 64.7 Å². The molecule has 0 fully saturated rings. The normalized spacial score (nSPS) is 12.8. The van der Waals surface area contributed by atoms with Crippen molar-refractivity contribution >= 4 is 43.7 Å². The van der Waals surface area contributed by atoms with Crippen molar-refractivity contribution in [2.24, 2.45) is 0 Å². The zero-order valence-corrected chi connectivity index (χ0v) is 29.8. The van der Waals surface area contributed by atoms with Crippen LogP contribution in [-0.2, 0) is 0 Å². The monoisotopic (exact) mass is 721 g/mol. The topological polar surface area (TPSA) is 56.7 Å². The maximum absolute atomic E-state index is 8.63. The van der Waals surface area contributed by atoms with Crippen LogP contribution in [-0.4, -0.2) is 19.5 Å². The van der Waals surface area contributed by atoms with Crippen molar-refractivity contribution in [1.29, 1.82) is 0 Å². The molecule has 0 aliphatic rings. The van der Waals surface area contributed by atoms with Gasteiger partial charge in [0.25, 0.3) is 0 Å². The quantitative estimate of drug-likeness (QED) is 0.172. The van der Waals surface area contributed by atoms with Gasteiger partial charge in [-0.2, -0.15) is 0 Å². The fraction of sp³-hybridized carbons (Fsp3) is 0. The van der Waals surface area contributed by atoms with Gasteiger partial charge in [0, 0.05) is 43.9 Å². The van der Waals surface area contributed by atoms with Crippen LogP contribution >= 0.6 is 0 Å². The molecule has 11 rings (SSSR count). The Hall–Kier alpha value is -7.63. The molecule has 262 valence electrons. The van der Waals surface area contributed by atoms with Gasteiger partial charge in [0.1, 0.15) is 11.2 Å². The molecule has 0 saturated carbocycles. The van der Waals surface area contributed by atoms with Gasteiger partial charge in [0.2, 0.25) is 0 Å². The summed E-state index contributed by atoms with van der Waals surface area (Å²) in [7, 11) is 0. The minimum Gasteiger partial charge on any atom is -0.456 e. The molecule has 0 aliphatic carbocycles. The molecular weight excluding hydrogens is 685 g/mol. The molecule has 56 heavy (non-hydrogen) atoms. The Morgan fingerprint density at radius 3 is 1.91 bits per heavy atom. The van der Waals surface area contributed by atoms with E-state index in [0.717, 1.165) is 66.1 Å². The zero-order chi connectivity index (χ0) is 41.4. The summed E-state index contributed by atoms with van der Waals surface area (Å²) >= 11 is 0. The molecule has 0 saturated heterocycles. The molecule has 11 aromatic rings. The number of para-hydroxylation sites is 1. The summed E-state index contributed by atoms with van der Waals surface area (Å²) in [5.41, 5.74) is 9.56. The third kappa shape index (κ3) is 5.37. The van der Waals surface area contributed by atoms with Crippen molar-refractivity contribution in [3.63, 3.8) is 0 Å². The smallest absolute Gasteiger partial charge is 0.164 e. The molecule has 0 radical (unpaired) electrons. The Morgan fingerprint density at radius 2 is 1.07 bits per heavy atom. The predicted molar refractivity (Wildman–Crippen MR) is 229 cm³/mol. The van der Waals surface area contributed by atoms with Crippen molar-refractivity contribution in [3.8, 4) is 62.1 Å². The van der Waals surface area contributed by atoms with E-state index in [2.05, 4.69) is 83.4 Å². The second-order valence-corrected chi connectivity index (χ2v) is 13.7. The summed E-state index contributed by atoms with van der Waals surface area (Å²) in [6.07, 6.45) is 0. The molecule has 3 aromatic heterocycles. The van der Waals surface area contributed by atoms with E-state index in [1.54, 1.807) is 18.2 Å². The maximum atomic E-state index is 8.63. The van der Waals surface area contributed by atoms with E-state index >= 15 is 0 Å². The Kier molecular flexibility index (Phi) is 6.29. The fourth-order valence-electron chi connectivity index (χ4n) is 7.75. The first-order chi connectivity index (χ1) is 29.8. The molecule has 8 aromatic carbocycles. The zero-order valence-electron chi connectivity index (χ0n) is 34.8. The number of rotatable bonds is 6. The average Bonchev–Trinajstić information content (AvgIpc) is 3.86. The molecular formula is C51H32N4O. The van der Waals surface area contributed by atoms with Crippen LogP contribution in [0.1, 0.15) is 6.85 Å². The Labute approximate surface area is 329 Å². The van der Waals surface area contributed by atoms with Gasteiger partial charge < -0.3 is 8.98 Å². The van der Waals surface area contributed by atoms with Gasteiger partial charge in [0.15, 0.2) is 17.5 Å². The Bertz CT molecular complexity index is 3520. The lowest BCUT2D eigenvalue weighted by molar-refractivity contribution is 0.669. The van der Waals surface area contributed by atoms with Crippen LogP contribution in [0.3, 0.4) is 0 Å². The van der Waals surface area contributed by atoms with E-state index in [9.17, 15) is 0 Å². The van der Waals surface area contributed by atoms with Crippen LogP contribution in [0.4, 0.5) is 0 Å². The van der Waals surface area contributed by atoms with Gasteiger partial charge in [-0.3, -0.25) is 0 Å². The number of hydrogen-bond acceptors (Lipinski definition) is 4. The SMILES string of the molecule is [2H]c1c([2H])c([2H])c(-c2cccc(-c3nc(-c4ccccc4)nc(-c4cccc5oc6ccc(-n7c8ccccc8c8ccc(-c9ccccc9)cc87)cc6c45)n3)c2)c([2H])c1[2H]. The molecule has 0 N–H and O–H groups in total. The van der Waals surface area contributed by atoms with Crippen LogP contribution in [0.15, 0.2) is 198 Å². The lowest BCUT2D eigenvalue weighted by Crippen LogP contribution is -2.00. The maximum Gasteiger partial charge on any atom is 0.164 e. The number of furan rings is 1. The van der Waals surface area contributed by atoms with E-state index in [1.807, 2.05) is 66.7 Å². The van der Waals surface area contributed by atoms with Crippen molar-refractivity contribution in [1.82, 2.24) is 19.5 Å². The molecule has 0 bridgehead atoms. The van der Waals surface area contributed by atoms with E-state index in [1.165, 1.54) is 0 Å². The average molecular weight is 722 g/mol. The standard InChI is InChI=1S/C51H32N4O/c1-4-14-33(15-5-1)36-20-12-21-38(30-36)50-52-49(35-18-8-3-9-19-35)53-51(54-50)42-23-13-25-47-48(42)43-32-39(27-29-46(43)56-47)55-44-24-11-10-22-40(44)41-28-26-37(31-45(41)55)34-16-6-2-7-17-34/h1-32H/i1D,4D,5D,14D,15D. The summed E-state index contributed by atoms with van der Waals surface area (Å²) < 4.78 is 50.7. The first-order valence-corrected chi connectivity index (χ1v) is 18.4. The van der Waals surface area contributed by atoms with Crippen molar-refractivity contribution in [3.05, 3.63) is 194 Å². The van der Waals surface area contributed by atoms with E-state index < -0.39 is 18.1 Å². The summed E-state index contributed by atoms with van der Waals surface area (Å²) in [6.45, 7) is 0. The molecule has 0 aliphatic heterocycles. The molecule has 5 nitrogen and oxygen atoms in total. The summed E-state index contributed by atoms with van der Waals surface area (Å²) in [5.74, 6) is 1.25. The van der Waals surface area contributed by atoms with E-state index in [0.29, 0.717) is 34.2 Å². The minimum atomic E-state index is -0.440. The summed E-state index contributed by atoms with van der Waals surface area (Å²) in [6, 6.07) is 52.8. The van der Waals surface area contributed by atoms with Crippen LogP contribution in [0.25, 0.3) is 106 Å². The van der Waals surface area contributed by atoms with Crippen LogP contribution in [0.5, 0.6) is 0 Å². The predicted octanol–water partition coefficient (Wildman–Crippen LogP) is 13.2. The molecule has 0 atom stereocenters. The van der Waals surface area contributed by atoms with Crippen LogP contribution in [0.2, 0.25) is 0 Å². The van der Waals surface area contributed by atoms with Crippen molar-refractivity contribution in [2.45, 2.75) is 0 Å². The molecule has 0 spiro atoms. The highest BCUT2D eigenvalue weighted by Crippen LogP contribution is 2.40. The highest BCUT2D eigenvalue weighted by atomic mass is 16.3. The number of benzene rings is 8. The van der Waals surface area contributed by atoms with Gasteiger partial charge in [0.05, 0.1) is 17.9 Å². The molecule has 3 heterocycles. The number of nitrogens with zero attached hydrogens (tertiary/aromatic N) is 4. The minimum absolute atomic E-state index is 0.107. The number of aromatic nitrogens is 4. The molecule has 0 amide bonds. The lowest BCUT2D eigenvalue weighted by atomic mass is 10.0. The second-order valence-electron chi connectivity index (χ2n) is 13.7. The van der Waals surface area contributed by atoms with E-state index in [-0.39, 0.29) is 17.6 Å².